The van der Waals surface area contributed by atoms with Gasteiger partial charge in [0.05, 0.1) is 17.9 Å². The van der Waals surface area contributed by atoms with Crippen LogP contribution in [0.4, 0.5) is 5.69 Å². The Balaban J connectivity index is 1.76. The Morgan fingerprint density at radius 2 is 1.94 bits per heavy atom. The molecule has 2 amide bonds. The summed E-state index contributed by atoms with van der Waals surface area (Å²) in [6.45, 7) is 4.59. The van der Waals surface area contributed by atoms with Gasteiger partial charge in [-0.2, -0.15) is 0 Å². The van der Waals surface area contributed by atoms with E-state index in [1.165, 1.54) is 12.0 Å². The molecule has 36 heavy (non-hydrogen) atoms. The molecule has 3 aliphatic heterocycles. The number of fused-ring (bicyclic) bond motifs is 3. The first kappa shape index (κ1) is 24.1. The van der Waals surface area contributed by atoms with E-state index in [1.54, 1.807) is 35.2 Å². The molecular formula is C28H30N2O6. The van der Waals surface area contributed by atoms with Crippen LogP contribution < -0.4 is 9.64 Å². The minimum absolute atomic E-state index is 0.00558. The van der Waals surface area contributed by atoms with Crippen LogP contribution in [-0.4, -0.2) is 60.5 Å². The van der Waals surface area contributed by atoms with Gasteiger partial charge in [0, 0.05) is 37.7 Å². The second-order valence-electron chi connectivity index (χ2n) is 9.50. The van der Waals surface area contributed by atoms with Crippen molar-refractivity contribution in [2.24, 2.45) is 0 Å². The van der Waals surface area contributed by atoms with Crippen molar-refractivity contribution in [2.45, 2.75) is 44.8 Å². The van der Waals surface area contributed by atoms with Crippen molar-refractivity contribution in [3.63, 3.8) is 0 Å². The fourth-order valence-electron chi connectivity index (χ4n) is 5.60. The number of carbonyl (C=O) groups excluding carboxylic acids is 3. The van der Waals surface area contributed by atoms with Gasteiger partial charge in [-0.05, 0) is 43.2 Å². The molecule has 8 heteroatoms. The summed E-state index contributed by atoms with van der Waals surface area (Å²) in [6, 6.07) is 12.4. The molecule has 1 fully saturated rings. The van der Waals surface area contributed by atoms with Crippen molar-refractivity contribution >= 4 is 29.0 Å². The predicted molar refractivity (Wildman–Crippen MR) is 134 cm³/mol. The lowest BCUT2D eigenvalue weighted by molar-refractivity contribution is -0.144. The number of carbonyl (C=O) groups is 3. The lowest BCUT2D eigenvalue weighted by Crippen LogP contribution is -2.52. The Hall–Kier alpha value is -3.65. The second-order valence-corrected chi connectivity index (χ2v) is 9.50. The molecule has 5 rings (SSSR count). The van der Waals surface area contributed by atoms with E-state index in [-0.39, 0.29) is 30.6 Å². The van der Waals surface area contributed by atoms with Crippen molar-refractivity contribution in [2.75, 3.05) is 31.7 Å². The maximum Gasteiger partial charge on any atom is 0.296 e. The average molecular weight is 491 g/mol. The average Bonchev–Trinajstić information content (AvgIpc) is 3.44. The third kappa shape index (κ3) is 3.35. The molecule has 0 unspecified atom stereocenters. The van der Waals surface area contributed by atoms with Gasteiger partial charge in [0.1, 0.15) is 17.6 Å². The highest BCUT2D eigenvalue weighted by Gasteiger charge is 2.66. The number of benzene rings is 2. The summed E-state index contributed by atoms with van der Waals surface area (Å²) < 4.78 is 11.0. The minimum atomic E-state index is -1.76. The van der Waals surface area contributed by atoms with E-state index in [1.807, 2.05) is 26.0 Å². The van der Waals surface area contributed by atoms with Crippen LogP contribution in [0.5, 0.6) is 5.75 Å². The summed E-state index contributed by atoms with van der Waals surface area (Å²) in [5.41, 5.74) is 0.462. The molecule has 8 nitrogen and oxygen atoms in total. The second kappa shape index (κ2) is 9.09. The Labute approximate surface area is 210 Å². The number of likely N-dealkylation sites (tertiary alicyclic amines) is 1. The van der Waals surface area contributed by atoms with Gasteiger partial charge in [0.15, 0.2) is 5.54 Å². The van der Waals surface area contributed by atoms with Gasteiger partial charge in [-0.3, -0.25) is 14.4 Å². The molecule has 2 atom stereocenters. The molecule has 0 aromatic heterocycles. The fourth-order valence-corrected chi connectivity index (χ4v) is 5.60. The molecule has 0 radical (unpaired) electrons. The topological polar surface area (TPSA) is 96.4 Å². The molecule has 1 saturated heterocycles. The van der Waals surface area contributed by atoms with Crippen molar-refractivity contribution in [3.05, 3.63) is 64.7 Å². The summed E-state index contributed by atoms with van der Waals surface area (Å²) in [5.74, 6) is -1.76. The highest BCUT2D eigenvalue weighted by molar-refractivity contribution is 6.50. The van der Waals surface area contributed by atoms with Crippen LogP contribution in [-0.2, 0) is 31.1 Å². The summed E-state index contributed by atoms with van der Waals surface area (Å²) in [4.78, 5) is 44.2. The number of hydrogen-bond donors (Lipinski definition) is 1. The van der Waals surface area contributed by atoms with E-state index < -0.39 is 23.1 Å². The number of nitrogens with zero attached hydrogens (tertiary/aromatic N) is 2. The van der Waals surface area contributed by atoms with Gasteiger partial charge >= 0.3 is 0 Å². The SMILES string of the molecule is CCCCN1C(=O)[C@]2(C(=C(O)c3ccc4c(c3)C[C@@H](C)O4)C(=O)C(=O)N2CCOC)c2ccccc21. The molecule has 0 saturated carbocycles. The molecule has 2 aromatic rings. The van der Waals surface area contributed by atoms with E-state index in [4.69, 9.17) is 9.47 Å². The number of unbranched alkanes of at least 4 members (excludes halogenated alkanes) is 1. The molecule has 1 spiro atoms. The normalized spacial score (nSPS) is 24.0. The molecular weight excluding hydrogens is 460 g/mol. The quantitative estimate of drug-likeness (QED) is 0.363. The monoisotopic (exact) mass is 490 g/mol. The lowest BCUT2D eigenvalue weighted by Gasteiger charge is -2.34. The van der Waals surface area contributed by atoms with Crippen molar-refractivity contribution in [3.8, 4) is 5.75 Å². The standard InChI is InChI=1S/C28H30N2O6/c1-4-5-12-29-21-9-7-6-8-20(21)28(27(29)34)23(25(32)26(33)30(28)13-14-35-3)24(31)18-10-11-22-19(16-18)15-17(2)36-22/h6-11,16-17,31H,4-5,12-15H2,1-3H3/t17-,28-/m1/s1. The van der Waals surface area contributed by atoms with E-state index in [9.17, 15) is 19.5 Å². The van der Waals surface area contributed by atoms with Crippen LogP contribution in [0, 0.1) is 0 Å². The van der Waals surface area contributed by atoms with Gasteiger partial charge in [-0.1, -0.05) is 31.5 Å². The Morgan fingerprint density at radius 3 is 2.69 bits per heavy atom. The van der Waals surface area contributed by atoms with Crippen molar-refractivity contribution in [1.82, 2.24) is 4.90 Å². The maximum absolute atomic E-state index is 14.3. The van der Waals surface area contributed by atoms with Crippen LogP contribution in [0.3, 0.4) is 0 Å². The molecule has 1 N–H and O–H groups in total. The zero-order valence-electron chi connectivity index (χ0n) is 20.7. The Bertz CT molecular complexity index is 1280. The number of aliphatic hydroxyl groups excluding tert-OH is 1. The lowest BCUT2D eigenvalue weighted by atomic mass is 9.81. The molecule has 2 aromatic carbocycles. The van der Waals surface area contributed by atoms with E-state index in [0.29, 0.717) is 29.8 Å². The fraction of sp³-hybridized carbons (Fsp3) is 0.393. The van der Waals surface area contributed by atoms with Crippen LogP contribution in [0.1, 0.15) is 43.4 Å². The van der Waals surface area contributed by atoms with Crippen molar-refractivity contribution in [1.29, 1.82) is 0 Å². The molecule has 0 bridgehead atoms. The van der Waals surface area contributed by atoms with E-state index >= 15 is 0 Å². The van der Waals surface area contributed by atoms with E-state index in [2.05, 4.69) is 0 Å². The smallest absolute Gasteiger partial charge is 0.296 e. The number of aliphatic hydroxyl groups is 1. The number of ether oxygens (including phenoxy) is 2. The van der Waals surface area contributed by atoms with E-state index in [0.717, 1.165) is 24.2 Å². The van der Waals surface area contributed by atoms with Gasteiger partial charge in [0.25, 0.3) is 17.6 Å². The first-order chi connectivity index (χ1) is 17.4. The van der Waals surface area contributed by atoms with Crippen LogP contribution in [0.2, 0.25) is 0 Å². The number of para-hydroxylation sites is 1. The third-order valence-corrected chi connectivity index (χ3v) is 7.23. The summed E-state index contributed by atoms with van der Waals surface area (Å²) in [6.07, 6.45) is 2.29. The Kier molecular flexibility index (Phi) is 6.08. The van der Waals surface area contributed by atoms with Gasteiger partial charge in [-0.15, -0.1) is 0 Å². The maximum atomic E-state index is 14.3. The summed E-state index contributed by atoms with van der Waals surface area (Å²) >= 11 is 0. The first-order valence-corrected chi connectivity index (χ1v) is 12.4. The molecule has 3 aliphatic rings. The number of ketones is 1. The molecule has 0 aliphatic carbocycles. The van der Waals surface area contributed by atoms with Crippen LogP contribution in [0.25, 0.3) is 5.76 Å². The zero-order valence-corrected chi connectivity index (χ0v) is 20.7. The zero-order chi connectivity index (χ0) is 25.6. The number of anilines is 1. The third-order valence-electron chi connectivity index (χ3n) is 7.23. The van der Waals surface area contributed by atoms with Gasteiger partial charge < -0.3 is 24.4 Å². The largest absolute Gasteiger partial charge is 0.507 e. The summed E-state index contributed by atoms with van der Waals surface area (Å²) in [7, 11) is 1.49. The van der Waals surface area contributed by atoms with Crippen LogP contribution in [0.15, 0.2) is 48.0 Å². The number of amides is 2. The number of rotatable bonds is 7. The molecule has 188 valence electrons. The number of methoxy groups -OCH3 is 1. The van der Waals surface area contributed by atoms with Crippen molar-refractivity contribution < 1.29 is 29.0 Å². The molecule has 3 heterocycles. The van der Waals surface area contributed by atoms with Gasteiger partial charge in [-0.25, -0.2) is 0 Å². The highest BCUT2D eigenvalue weighted by atomic mass is 16.5. The van der Waals surface area contributed by atoms with Crippen LogP contribution >= 0.6 is 0 Å². The summed E-state index contributed by atoms with van der Waals surface area (Å²) in [5, 5.41) is 11.6. The van der Waals surface area contributed by atoms with Gasteiger partial charge in [0.2, 0.25) is 0 Å². The first-order valence-electron chi connectivity index (χ1n) is 12.4. The highest BCUT2D eigenvalue weighted by Crippen LogP contribution is 2.53. The minimum Gasteiger partial charge on any atom is -0.507 e. The predicted octanol–water partition coefficient (Wildman–Crippen LogP) is 3.38. The number of Topliss-reactive ketones (excluding diaryl/α,β-unsaturated/α-hetero) is 1. The Morgan fingerprint density at radius 1 is 1.17 bits per heavy atom. The number of hydrogen-bond acceptors (Lipinski definition) is 6.